The lowest BCUT2D eigenvalue weighted by Crippen LogP contribution is -2.23. The fourth-order valence-electron chi connectivity index (χ4n) is 1.21. The van der Waals surface area contributed by atoms with Gasteiger partial charge in [-0.3, -0.25) is 19.9 Å². The summed E-state index contributed by atoms with van der Waals surface area (Å²) in [5.74, 6) is -1.28. The van der Waals surface area contributed by atoms with Gasteiger partial charge in [0.1, 0.15) is 6.54 Å². The molecular weight excluding hydrogens is 297 g/mol. The number of halogens is 2. The highest BCUT2D eigenvalue weighted by atomic mass is 35.5. The maximum atomic E-state index is 10.5. The van der Waals surface area contributed by atoms with Crippen molar-refractivity contribution in [2.24, 2.45) is 4.99 Å². The zero-order valence-corrected chi connectivity index (χ0v) is 11.0. The molecule has 0 aliphatic rings. The molecule has 0 saturated heterocycles. The first kappa shape index (κ1) is 15.2. The summed E-state index contributed by atoms with van der Waals surface area (Å²) in [5.41, 5.74) is 0.392. The smallest absolute Gasteiger partial charge is 0.325 e. The van der Waals surface area contributed by atoms with Crippen molar-refractivity contribution in [2.75, 3.05) is 18.4 Å². The average Bonchev–Trinajstić information content (AvgIpc) is 2.23. The van der Waals surface area contributed by atoms with Crippen molar-refractivity contribution >= 4 is 40.7 Å². The lowest BCUT2D eigenvalue weighted by molar-refractivity contribution is -0.463. The maximum absolute atomic E-state index is 10.5. The summed E-state index contributed by atoms with van der Waals surface area (Å²) in [6, 6.07) is 4.48. The number of carboxylic acid groups (broad SMARTS) is 1. The van der Waals surface area contributed by atoms with Crippen LogP contribution in [0.4, 0.5) is 5.69 Å². The Morgan fingerprint density at radius 1 is 1.37 bits per heavy atom. The van der Waals surface area contributed by atoms with E-state index in [1.807, 2.05) is 0 Å². The topological polar surface area (TPSA) is 105 Å². The Kier molecular flexibility index (Phi) is 5.53. The van der Waals surface area contributed by atoms with E-state index in [0.29, 0.717) is 15.7 Å². The predicted molar refractivity (Wildman–Crippen MR) is 71.9 cm³/mol. The van der Waals surface area contributed by atoms with Gasteiger partial charge in [0.25, 0.3) is 6.54 Å². The van der Waals surface area contributed by atoms with E-state index in [1.165, 1.54) is 18.2 Å². The Morgan fingerprint density at radius 3 is 2.42 bits per heavy atom. The lowest BCUT2D eigenvalue weighted by atomic mass is 10.3. The standard InChI is InChI=1S/C10H9Cl2N3O4/c11-6-1-7(12)3-8(2-6)14-9(5-15(18)19)13-4-10(16)17/h1-3H,4-5H2,(H,13,14)(H,16,17). The molecule has 0 aromatic heterocycles. The van der Waals surface area contributed by atoms with Gasteiger partial charge in [0, 0.05) is 20.7 Å². The third-order valence-corrected chi connectivity index (χ3v) is 2.27. The van der Waals surface area contributed by atoms with E-state index in [-0.39, 0.29) is 5.84 Å². The average molecular weight is 306 g/mol. The molecular formula is C10H9Cl2N3O4. The van der Waals surface area contributed by atoms with Gasteiger partial charge >= 0.3 is 5.97 Å². The molecule has 1 aromatic rings. The van der Waals surface area contributed by atoms with Gasteiger partial charge in [-0.25, -0.2) is 0 Å². The van der Waals surface area contributed by atoms with Gasteiger partial charge in [-0.05, 0) is 18.2 Å². The second kappa shape index (κ2) is 6.91. The van der Waals surface area contributed by atoms with Gasteiger partial charge in [0.15, 0.2) is 5.84 Å². The molecule has 19 heavy (non-hydrogen) atoms. The van der Waals surface area contributed by atoms with E-state index in [1.54, 1.807) is 0 Å². The van der Waals surface area contributed by atoms with Gasteiger partial charge in [-0.1, -0.05) is 23.2 Å². The van der Waals surface area contributed by atoms with E-state index in [9.17, 15) is 14.9 Å². The number of nitrogens with one attached hydrogen (secondary N) is 1. The Labute approximate surface area is 118 Å². The molecule has 0 aliphatic carbocycles. The first-order valence-electron chi connectivity index (χ1n) is 4.97. The molecule has 0 saturated carbocycles. The Bertz CT molecular complexity index is 513. The minimum absolute atomic E-state index is 0.0919. The Hall–Kier alpha value is -1.86. The summed E-state index contributed by atoms with van der Waals surface area (Å²) >= 11 is 11.5. The van der Waals surface area contributed by atoms with Crippen LogP contribution in [-0.2, 0) is 4.79 Å². The third-order valence-electron chi connectivity index (χ3n) is 1.84. The van der Waals surface area contributed by atoms with E-state index < -0.39 is 24.0 Å². The fourth-order valence-corrected chi connectivity index (χ4v) is 1.73. The normalized spacial score (nSPS) is 11.2. The van der Waals surface area contributed by atoms with Crippen LogP contribution in [0.2, 0.25) is 10.0 Å². The Balaban J connectivity index is 2.89. The van der Waals surface area contributed by atoms with Crippen LogP contribution in [0.1, 0.15) is 0 Å². The summed E-state index contributed by atoms with van der Waals surface area (Å²) in [6.07, 6.45) is 0. The van der Waals surface area contributed by atoms with Crippen LogP contribution >= 0.6 is 23.2 Å². The monoisotopic (exact) mass is 305 g/mol. The van der Waals surface area contributed by atoms with Crippen LogP contribution in [0.5, 0.6) is 0 Å². The van der Waals surface area contributed by atoms with Crippen molar-refractivity contribution in [1.82, 2.24) is 0 Å². The number of rotatable bonds is 5. The van der Waals surface area contributed by atoms with Gasteiger partial charge in [0.05, 0.1) is 0 Å². The van der Waals surface area contributed by atoms with Crippen LogP contribution in [0.15, 0.2) is 23.2 Å². The predicted octanol–water partition coefficient (Wildman–Crippen LogP) is 2.17. The Morgan fingerprint density at radius 2 is 1.95 bits per heavy atom. The first-order chi connectivity index (χ1) is 8.86. The molecule has 2 N–H and O–H groups in total. The summed E-state index contributed by atoms with van der Waals surface area (Å²) < 4.78 is 0. The molecule has 0 atom stereocenters. The molecule has 102 valence electrons. The quantitative estimate of drug-likeness (QED) is 0.375. The molecule has 0 fully saturated rings. The molecule has 0 unspecified atom stereocenters. The number of carbonyl (C=O) groups is 1. The number of anilines is 1. The molecule has 1 aromatic carbocycles. The van der Waals surface area contributed by atoms with Gasteiger partial charge in [0.2, 0.25) is 0 Å². The largest absolute Gasteiger partial charge is 0.480 e. The minimum atomic E-state index is -1.19. The SMILES string of the molecule is O=C(O)CN=C(C[N+](=O)[O-])Nc1cc(Cl)cc(Cl)c1. The number of benzene rings is 1. The molecule has 0 heterocycles. The second-order valence-corrected chi connectivity index (χ2v) is 4.30. The van der Waals surface area contributed by atoms with E-state index in [0.717, 1.165) is 0 Å². The fraction of sp³-hybridized carbons (Fsp3) is 0.200. The van der Waals surface area contributed by atoms with Crippen LogP contribution < -0.4 is 5.32 Å². The summed E-state index contributed by atoms with van der Waals surface area (Å²) in [5, 5.41) is 22.3. The number of nitro groups is 1. The highest BCUT2D eigenvalue weighted by molar-refractivity contribution is 6.35. The van der Waals surface area contributed by atoms with Gasteiger partial charge in [-0.15, -0.1) is 0 Å². The minimum Gasteiger partial charge on any atom is -0.480 e. The second-order valence-electron chi connectivity index (χ2n) is 3.43. The molecule has 0 amide bonds. The molecule has 1 rings (SSSR count). The van der Waals surface area contributed by atoms with Crippen molar-refractivity contribution in [2.45, 2.75) is 0 Å². The van der Waals surface area contributed by atoms with Crippen LogP contribution in [-0.4, -0.2) is 34.9 Å². The zero-order valence-electron chi connectivity index (χ0n) is 9.47. The van der Waals surface area contributed by atoms with Gasteiger partial charge < -0.3 is 10.4 Å². The van der Waals surface area contributed by atoms with E-state index in [4.69, 9.17) is 28.3 Å². The molecule has 9 heteroatoms. The molecule has 0 bridgehead atoms. The highest BCUT2D eigenvalue weighted by Crippen LogP contribution is 2.22. The highest BCUT2D eigenvalue weighted by Gasteiger charge is 2.10. The first-order valence-corrected chi connectivity index (χ1v) is 5.72. The summed E-state index contributed by atoms with van der Waals surface area (Å²) in [4.78, 5) is 23.8. The van der Waals surface area contributed by atoms with Crippen LogP contribution in [0.3, 0.4) is 0 Å². The number of amidine groups is 1. The summed E-state index contributed by atoms with van der Waals surface area (Å²) in [7, 11) is 0. The van der Waals surface area contributed by atoms with Gasteiger partial charge in [-0.2, -0.15) is 0 Å². The van der Waals surface area contributed by atoms with Crippen molar-refractivity contribution in [3.05, 3.63) is 38.4 Å². The van der Waals surface area contributed by atoms with Crippen molar-refractivity contribution in [3.8, 4) is 0 Å². The number of aliphatic carboxylic acids is 1. The van der Waals surface area contributed by atoms with Crippen molar-refractivity contribution in [1.29, 1.82) is 0 Å². The molecule has 0 radical (unpaired) electrons. The summed E-state index contributed by atoms with van der Waals surface area (Å²) in [6.45, 7) is -1.19. The number of nitrogens with zero attached hydrogens (tertiary/aromatic N) is 2. The molecule has 0 aliphatic heterocycles. The number of hydrogen-bond donors (Lipinski definition) is 2. The number of aliphatic imine (C=N–C) groups is 1. The van der Waals surface area contributed by atoms with Crippen LogP contribution in [0, 0.1) is 10.1 Å². The molecule has 7 nitrogen and oxygen atoms in total. The number of hydrogen-bond acceptors (Lipinski definition) is 4. The van der Waals surface area contributed by atoms with Crippen LogP contribution in [0.25, 0.3) is 0 Å². The van der Waals surface area contributed by atoms with Crippen molar-refractivity contribution < 1.29 is 14.8 Å². The maximum Gasteiger partial charge on any atom is 0.325 e. The number of carboxylic acids is 1. The van der Waals surface area contributed by atoms with Crippen molar-refractivity contribution in [3.63, 3.8) is 0 Å². The van der Waals surface area contributed by atoms with E-state index >= 15 is 0 Å². The lowest BCUT2D eigenvalue weighted by Gasteiger charge is -2.07. The third kappa shape index (κ3) is 6.03. The molecule has 0 spiro atoms. The van der Waals surface area contributed by atoms with E-state index in [2.05, 4.69) is 10.3 Å². The zero-order chi connectivity index (χ0) is 14.4.